The van der Waals surface area contributed by atoms with E-state index >= 15 is 0 Å². The van der Waals surface area contributed by atoms with E-state index in [2.05, 4.69) is 99.3 Å². The number of fused-ring (bicyclic) bond motifs is 5. The van der Waals surface area contributed by atoms with Crippen LogP contribution in [-0.2, 0) is 12.5 Å². The molecular weight excluding hydrogens is 424 g/mol. The lowest BCUT2D eigenvalue weighted by molar-refractivity contribution is -0.643. The summed E-state index contributed by atoms with van der Waals surface area (Å²) in [5, 5.41) is 6.94. The van der Waals surface area contributed by atoms with Gasteiger partial charge in [0.05, 0.1) is 27.3 Å². The van der Waals surface area contributed by atoms with Crippen LogP contribution in [0.1, 0.15) is 74.6 Å². The van der Waals surface area contributed by atoms with Crippen LogP contribution in [-0.4, -0.2) is 4.40 Å². The van der Waals surface area contributed by atoms with Gasteiger partial charge in [0.25, 0.3) is 0 Å². The topological polar surface area (TPSA) is 8.29 Å². The van der Waals surface area contributed by atoms with Crippen LogP contribution in [0.25, 0.3) is 49.0 Å². The van der Waals surface area contributed by atoms with Crippen LogP contribution in [0.15, 0.2) is 48.7 Å². The third-order valence-corrected chi connectivity index (χ3v) is 8.98. The normalized spacial score (nSPS) is 15.7. The van der Waals surface area contributed by atoms with Crippen molar-refractivity contribution >= 4 is 49.0 Å². The Balaban J connectivity index is 1.80. The Morgan fingerprint density at radius 2 is 1.63 bits per heavy atom. The maximum atomic E-state index is 2.62. The van der Waals surface area contributed by atoms with Gasteiger partial charge in [-0.3, -0.25) is 0 Å². The van der Waals surface area contributed by atoms with Gasteiger partial charge >= 0.3 is 0 Å². The molecule has 1 aliphatic carbocycles. The van der Waals surface area contributed by atoms with Crippen molar-refractivity contribution < 1.29 is 4.57 Å². The van der Waals surface area contributed by atoms with Gasteiger partial charge in [0.15, 0.2) is 6.20 Å². The van der Waals surface area contributed by atoms with Crippen LogP contribution in [0, 0.1) is 13.8 Å². The number of rotatable bonds is 1. The third kappa shape index (κ3) is 2.80. The van der Waals surface area contributed by atoms with Gasteiger partial charge in [0, 0.05) is 16.8 Å². The molecular formula is C33H35N2+. The molecule has 1 aliphatic rings. The zero-order valence-electron chi connectivity index (χ0n) is 21.9. The molecule has 0 bridgehead atoms. The van der Waals surface area contributed by atoms with Gasteiger partial charge < -0.3 is 4.40 Å². The first-order valence-corrected chi connectivity index (χ1v) is 13.3. The summed E-state index contributed by atoms with van der Waals surface area (Å²) < 4.78 is 4.97. The van der Waals surface area contributed by atoms with Gasteiger partial charge in [0.2, 0.25) is 5.52 Å². The summed E-state index contributed by atoms with van der Waals surface area (Å²) in [6.45, 7) is 11.5. The first kappa shape index (κ1) is 21.2. The summed E-state index contributed by atoms with van der Waals surface area (Å²) in [6, 6.07) is 17.0. The summed E-state index contributed by atoms with van der Waals surface area (Å²) in [6.07, 6.45) is 7.64. The fourth-order valence-electron chi connectivity index (χ4n) is 6.89. The summed E-state index contributed by atoms with van der Waals surface area (Å²) in [5.74, 6) is 0.691. The highest BCUT2D eigenvalue weighted by Crippen LogP contribution is 2.44. The van der Waals surface area contributed by atoms with E-state index in [1.54, 1.807) is 0 Å². The molecule has 0 unspecified atom stereocenters. The largest absolute Gasteiger partial charge is 0.307 e. The maximum Gasteiger partial charge on any atom is 0.224 e. The number of hydrogen-bond acceptors (Lipinski definition) is 0. The Morgan fingerprint density at radius 1 is 0.857 bits per heavy atom. The van der Waals surface area contributed by atoms with E-state index in [0.29, 0.717) is 5.92 Å². The zero-order valence-corrected chi connectivity index (χ0v) is 21.9. The summed E-state index contributed by atoms with van der Waals surface area (Å²) in [5.41, 5.74) is 11.3. The Morgan fingerprint density at radius 3 is 2.37 bits per heavy atom. The van der Waals surface area contributed by atoms with Crippen molar-refractivity contribution in [2.45, 2.75) is 71.6 Å². The molecule has 6 aromatic rings. The fourth-order valence-corrected chi connectivity index (χ4v) is 6.89. The van der Waals surface area contributed by atoms with Crippen molar-refractivity contribution in [2.75, 3.05) is 0 Å². The van der Waals surface area contributed by atoms with E-state index in [0.717, 1.165) is 0 Å². The third-order valence-electron chi connectivity index (χ3n) is 8.98. The van der Waals surface area contributed by atoms with Crippen molar-refractivity contribution in [3.63, 3.8) is 0 Å². The fraction of sp³-hybridized carbons (Fsp3) is 0.364. The Labute approximate surface area is 207 Å². The monoisotopic (exact) mass is 459 g/mol. The molecule has 3 heterocycles. The number of benzene rings is 3. The van der Waals surface area contributed by atoms with Crippen LogP contribution < -0.4 is 4.57 Å². The molecule has 1 fully saturated rings. The standard InChI is InChI=1S/C33H35N2/c1-19-15-26-25-12-11-24(33(3,4)5)18-27(25)35-28-17-23(21-9-7-8-10-21)16-22-13-14-34(6)32(30(22)28)29(20(19)2)31(26)35/h11-18,21H,7-10H2,1-6H3/q+1. The molecule has 0 atom stereocenters. The van der Waals surface area contributed by atoms with E-state index in [4.69, 9.17) is 0 Å². The zero-order chi connectivity index (χ0) is 24.2. The van der Waals surface area contributed by atoms with Crippen molar-refractivity contribution in [1.82, 2.24) is 4.40 Å². The average Bonchev–Trinajstić information content (AvgIpc) is 3.47. The lowest BCUT2D eigenvalue weighted by Crippen LogP contribution is -2.29. The quantitative estimate of drug-likeness (QED) is 0.133. The second kappa shape index (κ2) is 6.97. The average molecular weight is 460 g/mol. The Hall–Kier alpha value is -3.13. The first-order valence-electron chi connectivity index (χ1n) is 13.3. The number of hydrogen-bond donors (Lipinski definition) is 0. The highest BCUT2D eigenvalue weighted by Gasteiger charge is 2.27. The molecule has 0 aliphatic heterocycles. The van der Waals surface area contributed by atoms with E-state index in [1.165, 1.54) is 96.9 Å². The highest BCUT2D eigenvalue weighted by molar-refractivity contribution is 6.26. The molecule has 7 rings (SSSR count). The lowest BCUT2D eigenvalue weighted by Gasteiger charge is -2.19. The molecule has 0 spiro atoms. The molecule has 0 radical (unpaired) electrons. The summed E-state index contributed by atoms with van der Waals surface area (Å²) >= 11 is 0. The molecule has 0 saturated heterocycles. The highest BCUT2D eigenvalue weighted by atomic mass is 15.0. The molecule has 0 N–H and O–H groups in total. The van der Waals surface area contributed by atoms with Crippen LogP contribution >= 0.6 is 0 Å². The van der Waals surface area contributed by atoms with Gasteiger partial charge in [0.1, 0.15) is 7.05 Å². The number of aromatic nitrogens is 2. The Bertz CT molecular complexity index is 1800. The van der Waals surface area contributed by atoms with Crippen molar-refractivity contribution in [2.24, 2.45) is 7.05 Å². The molecule has 2 nitrogen and oxygen atoms in total. The van der Waals surface area contributed by atoms with Crippen LogP contribution in [0.3, 0.4) is 0 Å². The van der Waals surface area contributed by atoms with Crippen LogP contribution in [0.5, 0.6) is 0 Å². The summed E-state index contributed by atoms with van der Waals surface area (Å²) in [7, 11) is 2.22. The number of aryl methyl sites for hydroxylation is 3. The minimum atomic E-state index is 0.111. The van der Waals surface area contributed by atoms with Gasteiger partial charge in [-0.15, -0.1) is 0 Å². The van der Waals surface area contributed by atoms with Crippen molar-refractivity contribution in [3.8, 4) is 0 Å². The molecule has 0 amide bonds. The maximum absolute atomic E-state index is 2.62. The van der Waals surface area contributed by atoms with Gasteiger partial charge in [-0.05, 0) is 83.9 Å². The van der Waals surface area contributed by atoms with Crippen molar-refractivity contribution in [3.05, 3.63) is 70.9 Å². The van der Waals surface area contributed by atoms with Crippen LogP contribution in [0.4, 0.5) is 0 Å². The second-order valence-corrected chi connectivity index (χ2v) is 12.2. The van der Waals surface area contributed by atoms with E-state index in [-0.39, 0.29) is 5.41 Å². The van der Waals surface area contributed by atoms with E-state index in [1.807, 2.05) is 0 Å². The second-order valence-electron chi connectivity index (χ2n) is 12.2. The SMILES string of the molecule is Cc1cc2c3ccc(C(C)(C)C)cc3n3c4cc(C5CCCC5)cc5cc[n+](C)c(c(c1C)c23)c54. The van der Waals surface area contributed by atoms with Crippen molar-refractivity contribution in [1.29, 1.82) is 0 Å². The minimum Gasteiger partial charge on any atom is -0.307 e. The molecule has 3 aromatic heterocycles. The lowest BCUT2D eigenvalue weighted by atomic mass is 9.86. The molecule has 3 aromatic carbocycles. The minimum absolute atomic E-state index is 0.111. The molecule has 1 saturated carbocycles. The van der Waals surface area contributed by atoms with E-state index in [9.17, 15) is 0 Å². The van der Waals surface area contributed by atoms with Gasteiger partial charge in [-0.2, -0.15) is 0 Å². The smallest absolute Gasteiger partial charge is 0.224 e. The first-order chi connectivity index (χ1) is 16.7. The number of pyridine rings is 2. The van der Waals surface area contributed by atoms with Crippen LogP contribution in [0.2, 0.25) is 0 Å². The number of nitrogens with zero attached hydrogens (tertiary/aromatic N) is 2. The predicted molar refractivity (Wildman–Crippen MR) is 149 cm³/mol. The summed E-state index contributed by atoms with van der Waals surface area (Å²) in [4.78, 5) is 0. The molecule has 2 heteroatoms. The molecule has 176 valence electrons. The Kier molecular flexibility index (Phi) is 4.22. The van der Waals surface area contributed by atoms with Gasteiger partial charge in [-0.1, -0.05) is 51.8 Å². The van der Waals surface area contributed by atoms with Gasteiger partial charge in [-0.25, -0.2) is 4.57 Å². The molecule has 35 heavy (non-hydrogen) atoms. The predicted octanol–water partition coefficient (Wildman–Crippen LogP) is 8.39. The van der Waals surface area contributed by atoms with E-state index < -0.39 is 0 Å².